The normalized spacial score (nSPS) is 15.7. The van der Waals surface area contributed by atoms with E-state index in [4.69, 9.17) is 16.3 Å². The molecule has 3 rings (SSSR count). The van der Waals surface area contributed by atoms with Crippen LogP contribution in [0.4, 0.5) is 5.95 Å². The molecule has 138 valence electrons. The molecule has 0 aliphatic carbocycles. The molecule has 0 bridgehead atoms. The van der Waals surface area contributed by atoms with Crippen LogP contribution in [-0.2, 0) is 4.79 Å². The summed E-state index contributed by atoms with van der Waals surface area (Å²) in [6.07, 6.45) is 2.91. The van der Waals surface area contributed by atoms with Gasteiger partial charge in [0, 0.05) is 43.6 Å². The van der Waals surface area contributed by atoms with Gasteiger partial charge in [0.05, 0.1) is 0 Å². The van der Waals surface area contributed by atoms with Crippen LogP contribution in [0.3, 0.4) is 0 Å². The fourth-order valence-corrected chi connectivity index (χ4v) is 3.18. The first kappa shape index (κ1) is 18.5. The van der Waals surface area contributed by atoms with Crippen LogP contribution in [0, 0.1) is 13.8 Å². The first-order valence-electron chi connectivity index (χ1n) is 8.70. The van der Waals surface area contributed by atoms with Crippen molar-refractivity contribution in [1.82, 2.24) is 14.9 Å². The Hall–Kier alpha value is -2.34. The summed E-state index contributed by atoms with van der Waals surface area (Å²) in [5.41, 5.74) is 1.88. The molecule has 0 saturated carbocycles. The van der Waals surface area contributed by atoms with Crippen molar-refractivity contribution in [2.45, 2.75) is 26.9 Å². The molecule has 1 aromatic carbocycles. The maximum atomic E-state index is 12.7. The Morgan fingerprint density at radius 2 is 1.69 bits per heavy atom. The van der Waals surface area contributed by atoms with E-state index in [0.717, 1.165) is 16.1 Å². The van der Waals surface area contributed by atoms with Crippen molar-refractivity contribution in [3.63, 3.8) is 0 Å². The van der Waals surface area contributed by atoms with E-state index >= 15 is 0 Å². The fourth-order valence-electron chi connectivity index (χ4n) is 3.07. The van der Waals surface area contributed by atoms with Crippen LogP contribution in [0.25, 0.3) is 0 Å². The number of ether oxygens (including phenoxy) is 1. The summed E-state index contributed by atoms with van der Waals surface area (Å²) >= 11 is 6.19. The molecular weight excluding hydrogens is 352 g/mol. The highest BCUT2D eigenvalue weighted by molar-refractivity contribution is 6.32. The number of amides is 1. The van der Waals surface area contributed by atoms with E-state index in [1.807, 2.05) is 30.9 Å². The SMILES string of the molecule is Cc1cc(O[C@H](C)C(=O)N2CCN(c3ncccn3)CC2)cc(C)c1Cl. The molecule has 1 saturated heterocycles. The van der Waals surface area contributed by atoms with Gasteiger partial charge in [0.2, 0.25) is 5.95 Å². The van der Waals surface area contributed by atoms with Crippen LogP contribution in [0.1, 0.15) is 18.1 Å². The van der Waals surface area contributed by atoms with Gasteiger partial charge in [-0.05, 0) is 50.1 Å². The van der Waals surface area contributed by atoms with Crippen molar-refractivity contribution >= 4 is 23.5 Å². The zero-order valence-corrected chi connectivity index (χ0v) is 16.0. The third-order valence-corrected chi connectivity index (χ3v) is 5.09. The van der Waals surface area contributed by atoms with E-state index < -0.39 is 6.10 Å². The molecule has 7 heteroatoms. The van der Waals surface area contributed by atoms with Crippen molar-refractivity contribution in [2.24, 2.45) is 0 Å². The summed E-state index contributed by atoms with van der Waals surface area (Å²) in [4.78, 5) is 25.2. The second kappa shape index (κ2) is 7.91. The number of aryl methyl sites for hydroxylation is 2. The molecule has 0 unspecified atom stereocenters. The Kier molecular flexibility index (Phi) is 5.61. The molecule has 2 aromatic rings. The second-order valence-electron chi connectivity index (χ2n) is 6.49. The molecule has 2 heterocycles. The Labute approximate surface area is 158 Å². The standard InChI is InChI=1S/C19H23ClN4O2/c1-13-11-16(12-14(2)17(13)20)26-15(3)18(25)23-7-9-24(10-8-23)19-21-5-4-6-22-19/h4-6,11-12,15H,7-10H2,1-3H3/t15-/m1/s1. The molecule has 1 aliphatic heterocycles. The number of hydrogen-bond donors (Lipinski definition) is 0. The summed E-state index contributed by atoms with van der Waals surface area (Å²) in [7, 11) is 0. The monoisotopic (exact) mass is 374 g/mol. The number of anilines is 1. The van der Waals surface area contributed by atoms with Gasteiger partial charge in [0.15, 0.2) is 6.10 Å². The second-order valence-corrected chi connectivity index (χ2v) is 6.87. The van der Waals surface area contributed by atoms with Crippen LogP contribution >= 0.6 is 11.6 Å². The molecule has 1 amide bonds. The van der Waals surface area contributed by atoms with Gasteiger partial charge in [-0.3, -0.25) is 4.79 Å². The molecule has 1 fully saturated rings. The lowest BCUT2D eigenvalue weighted by Gasteiger charge is -2.35. The summed E-state index contributed by atoms with van der Waals surface area (Å²) in [5, 5.41) is 0.732. The molecule has 26 heavy (non-hydrogen) atoms. The fraction of sp³-hybridized carbons (Fsp3) is 0.421. The van der Waals surface area contributed by atoms with Crippen molar-refractivity contribution in [1.29, 1.82) is 0 Å². The summed E-state index contributed by atoms with van der Waals surface area (Å²) in [6, 6.07) is 5.52. The third-order valence-electron chi connectivity index (χ3n) is 4.50. The van der Waals surface area contributed by atoms with Crippen molar-refractivity contribution in [3.05, 3.63) is 46.7 Å². The van der Waals surface area contributed by atoms with Gasteiger partial charge in [-0.2, -0.15) is 0 Å². The molecule has 6 nitrogen and oxygen atoms in total. The van der Waals surface area contributed by atoms with Gasteiger partial charge < -0.3 is 14.5 Å². The summed E-state index contributed by atoms with van der Waals surface area (Å²) < 4.78 is 5.87. The molecule has 0 radical (unpaired) electrons. The van der Waals surface area contributed by atoms with Crippen LogP contribution < -0.4 is 9.64 Å². The minimum atomic E-state index is -0.547. The minimum Gasteiger partial charge on any atom is -0.481 e. The van der Waals surface area contributed by atoms with E-state index in [1.165, 1.54) is 0 Å². The van der Waals surface area contributed by atoms with Crippen molar-refractivity contribution in [3.8, 4) is 5.75 Å². The van der Waals surface area contributed by atoms with Crippen LogP contribution in [0.2, 0.25) is 5.02 Å². The predicted octanol–water partition coefficient (Wildman–Crippen LogP) is 2.86. The van der Waals surface area contributed by atoms with Gasteiger partial charge in [0.25, 0.3) is 5.91 Å². The van der Waals surface area contributed by atoms with E-state index in [2.05, 4.69) is 14.9 Å². The van der Waals surface area contributed by atoms with Gasteiger partial charge in [-0.25, -0.2) is 9.97 Å². The minimum absolute atomic E-state index is 0.0103. The van der Waals surface area contributed by atoms with Gasteiger partial charge in [0.1, 0.15) is 5.75 Å². The largest absolute Gasteiger partial charge is 0.481 e. The Bertz CT molecular complexity index is 753. The summed E-state index contributed by atoms with van der Waals surface area (Å²) in [6.45, 7) is 8.32. The average Bonchev–Trinajstić information content (AvgIpc) is 2.66. The Morgan fingerprint density at radius 3 is 2.27 bits per heavy atom. The lowest BCUT2D eigenvalue weighted by Crippen LogP contribution is -2.52. The van der Waals surface area contributed by atoms with Crippen molar-refractivity contribution < 1.29 is 9.53 Å². The highest BCUT2D eigenvalue weighted by Gasteiger charge is 2.27. The number of rotatable bonds is 4. The highest BCUT2D eigenvalue weighted by atomic mass is 35.5. The number of halogens is 1. The smallest absolute Gasteiger partial charge is 0.263 e. The lowest BCUT2D eigenvalue weighted by molar-refractivity contribution is -0.138. The topological polar surface area (TPSA) is 58.6 Å². The number of carbonyl (C=O) groups excluding carboxylic acids is 1. The molecule has 0 N–H and O–H groups in total. The predicted molar refractivity (Wildman–Crippen MR) is 102 cm³/mol. The number of aromatic nitrogens is 2. The number of nitrogens with zero attached hydrogens (tertiary/aromatic N) is 4. The third kappa shape index (κ3) is 4.07. The first-order chi connectivity index (χ1) is 12.5. The summed E-state index contributed by atoms with van der Waals surface area (Å²) in [5.74, 6) is 1.36. The number of carbonyl (C=O) groups is 1. The first-order valence-corrected chi connectivity index (χ1v) is 9.07. The van der Waals surface area contributed by atoms with Crippen LogP contribution in [-0.4, -0.2) is 53.1 Å². The van der Waals surface area contributed by atoms with Crippen LogP contribution in [0.15, 0.2) is 30.6 Å². The van der Waals surface area contributed by atoms with Crippen molar-refractivity contribution in [2.75, 3.05) is 31.1 Å². The van der Waals surface area contributed by atoms with Crippen LogP contribution in [0.5, 0.6) is 5.75 Å². The van der Waals surface area contributed by atoms with E-state index in [1.54, 1.807) is 25.4 Å². The lowest BCUT2D eigenvalue weighted by atomic mass is 10.1. The van der Waals surface area contributed by atoms with Gasteiger partial charge in [-0.15, -0.1) is 0 Å². The maximum Gasteiger partial charge on any atom is 0.263 e. The zero-order valence-electron chi connectivity index (χ0n) is 15.3. The molecule has 1 atom stereocenters. The molecule has 1 aliphatic rings. The highest BCUT2D eigenvalue weighted by Crippen LogP contribution is 2.26. The number of piperazine rings is 1. The molecule has 1 aromatic heterocycles. The van der Waals surface area contributed by atoms with E-state index in [0.29, 0.717) is 37.9 Å². The zero-order chi connectivity index (χ0) is 18.7. The quantitative estimate of drug-likeness (QED) is 0.823. The number of benzene rings is 1. The van der Waals surface area contributed by atoms with Gasteiger partial charge in [-0.1, -0.05) is 11.6 Å². The van der Waals surface area contributed by atoms with Gasteiger partial charge >= 0.3 is 0 Å². The maximum absolute atomic E-state index is 12.7. The van der Waals surface area contributed by atoms with E-state index in [-0.39, 0.29) is 5.91 Å². The Morgan fingerprint density at radius 1 is 1.12 bits per heavy atom. The average molecular weight is 375 g/mol. The molecule has 0 spiro atoms. The number of hydrogen-bond acceptors (Lipinski definition) is 5. The van der Waals surface area contributed by atoms with E-state index in [9.17, 15) is 4.79 Å². The molecular formula is C19H23ClN4O2. The Balaban J connectivity index is 1.58.